The van der Waals surface area contributed by atoms with Gasteiger partial charge in [0.1, 0.15) is 10.8 Å². The predicted molar refractivity (Wildman–Crippen MR) is 87.8 cm³/mol. The minimum absolute atomic E-state index is 0.0320. The van der Waals surface area contributed by atoms with Gasteiger partial charge in [-0.2, -0.15) is 13.2 Å². The van der Waals surface area contributed by atoms with Crippen molar-refractivity contribution in [2.24, 2.45) is 0 Å². The summed E-state index contributed by atoms with van der Waals surface area (Å²) < 4.78 is 50.5. The van der Waals surface area contributed by atoms with Crippen molar-refractivity contribution >= 4 is 29.3 Å². The van der Waals surface area contributed by atoms with E-state index in [1.165, 1.54) is 17.0 Å². The second-order valence-electron chi connectivity index (χ2n) is 5.17. The van der Waals surface area contributed by atoms with E-state index in [0.29, 0.717) is 6.20 Å². The van der Waals surface area contributed by atoms with Crippen molar-refractivity contribution < 1.29 is 22.4 Å². The number of benzene rings is 1. The Morgan fingerprint density at radius 1 is 1.28 bits per heavy atom. The van der Waals surface area contributed by atoms with Gasteiger partial charge < -0.3 is 4.90 Å². The van der Waals surface area contributed by atoms with E-state index in [2.05, 4.69) is 4.98 Å². The van der Waals surface area contributed by atoms with E-state index in [9.17, 15) is 22.4 Å². The Morgan fingerprint density at radius 2 is 1.92 bits per heavy atom. The summed E-state index contributed by atoms with van der Waals surface area (Å²) in [7, 11) is 1.58. The van der Waals surface area contributed by atoms with E-state index >= 15 is 0 Å². The Bertz CT molecular complexity index is 753. The molecule has 1 amide bonds. The molecule has 1 aromatic carbocycles. The Hall–Kier alpha value is -1.80. The van der Waals surface area contributed by atoms with Gasteiger partial charge in [-0.05, 0) is 23.8 Å². The van der Waals surface area contributed by atoms with Crippen LogP contribution < -0.4 is 0 Å². The molecule has 9 heteroatoms. The van der Waals surface area contributed by atoms with E-state index in [1.54, 1.807) is 19.2 Å². The average molecular weight is 393 g/mol. The molecule has 1 heterocycles. The molecule has 0 aliphatic rings. The molecule has 0 saturated carbocycles. The molecule has 2 aromatic rings. The number of hydrogen-bond acceptors (Lipinski definition) is 3. The molecule has 0 unspecified atom stereocenters. The molecule has 0 spiro atoms. The van der Waals surface area contributed by atoms with Crippen molar-refractivity contribution in [2.45, 2.75) is 17.7 Å². The molecular formula is C16H13ClF4N2OS. The second-order valence-corrected chi connectivity index (χ2v) is 6.54. The number of pyridine rings is 1. The van der Waals surface area contributed by atoms with Crippen molar-refractivity contribution in [1.29, 1.82) is 0 Å². The van der Waals surface area contributed by atoms with Gasteiger partial charge in [-0.3, -0.25) is 4.79 Å². The zero-order valence-electron chi connectivity index (χ0n) is 13.0. The van der Waals surface area contributed by atoms with Gasteiger partial charge >= 0.3 is 6.18 Å². The highest BCUT2D eigenvalue weighted by Gasteiger charge is 2.31. The second kappa shape index (κ2) is 8.05. The number of alkyl halides is 3. The van der Waals surface area contributed by atoms with Crippen molar-refractivity contribution in [3.63, 3.8) is 0 Å². The highest BCUT2D eigenvalue weighted by molar-refractivity contribution is 8.00. The number of hydrogen-bond donors (Lipinski definition) is 0. The van der Waals surface area contributed by atoms with Crippen molar-refractivity contribution in [3.8, 4) is 0 Å². The molecule has 134 valence electrons. The lowest BCUT2D eigenvalue weighted by atomic mass is 10.2. The maximum Gasteiger partial charge on any atom is 0.417 e. The van der Waals surface area contributed by atoms with Crippen LogP contribution >= 0.6 is 23.4 Å². The van der Waals surface area contributed by atoms with Crippen LogP contribution in [-0.4, -0.2) is 28.6 Å². The van der Waals surface area contributed by atoms with Crippen LogP contribution in [0.4, 0.5) is 17.6 Å². The third-order valence-corrected chi connectivity index (χ3v) is 4.62. The molecule has 0 radical (unpaired) electrons. The minimum Gasteiger partial charge on any atom is -0.341 e. The van der Waals surface area contributed by atoms with E-state index in [0.717, 1.165) is 23.4 Å². The Kier molecular flexibility index (Phi) is 6.29. The lowest BCUT2D eigenvalue weighted by Gasteiger charge is -2.17. The van der Waals surface area contributed by atoms with Crippen molar-refractivity contribution in [3.05, 3.63) is 58.5 Å². The van der Waals surface area contributed by atoms with Gasteiger partial charge in [-0.15, -0.1) is 0 Å². The van der Waals surface area contributed by atoms with Gasteiger partial charge in [-0.25, -0.2) is 9.37 Å². The largest absolute Gasteiger partial charge is 0.417 e. The maximum atomic E-state index is 12.9. The molecule has 0 fully saturated rings. The summed E-state index contributed by atoms with van der Waals surface area (Å²) in [5, 5.41) is -0.00740. The molecule has 2 rings (SSSR count). The van der Waals surface area contributed by atoms with E-state index in [4.69, 9.17) is 11.6 Å². The normalized spacial score (nSPS) is 11.4. The predicted octanol–water partition coefficient (Wildman–Crippen LogP) is 4.64. The molecule has 0 bridgehead atoms. The first-order valence-corrected chi connectivity index (χ1v) is 8.37. The van der Waals surface area contributed by atoms with E-state index in [-0.39, 0.29) is 34.1 Å². The summed E-state index contributed by atoms with van der Waals surface area (Å²) >= 11 is 6.75. The third kappa shape index (κ3) is 5.61. The fourth-order valence-electron chi connectivity index (χ4n) is 1.88. The minimum atomic E-state index is -4.52. The van der Waals surface area contributed by atoms with Gasteiger partial charge in [-0.1, -0.05) is 35.5 Å². The number of nitrogens with zero attached hydrogens (tertiary/aromatic N) is 2. The highest BCUT2D eigenvalue weighted by Crippen LogP contribution is 2.33. The zero-order chi connectivity index (χ0) is 18.6. The Morgan fingerprint density at radius 3 is 2.48 bits per heavy atom. The summed E-state index contributed by atoms with van der Waals surface area (Å²) in [6.07, 6.45) is -3.84. The number of carbonyl (C=O) groups excluding carboxylic acids is 1. The summed E-state index contributed by atoms with van der Waals surface area (Å²) in [6, 6.07) is 6.52. The molecule has 0 aliphatic carbocycles. The zero-order valence-corrected chi connectivity index (χ0v) is 14.6. The van der Waals surface area contributed by atoms with Crippen molar-refractivity contribution in [1.82, 2.24) is 9.88 Å². The first-order valence-electron chi connectivity index (χ1n) is 7.01. The molecule has 0 atom stereocenters. The molecule has 0 aliphatic heterocycles. The first-order chi connectivity index (χ1) is 11.7. The number of carbonyl (C=O) groups is 1. The number of amides is 1. The van der Waals surface area contributed by atoms with Crippen LogP contribution in [0.25, 0.3) is 0 Å². The SMILES string of the molecule is CN(Cc1ccc(F)cc1)C(=O)CSc1ncc(C(F)(F)F)cc1Cl. The van der Waals surface area contributed by atoms with E-state index < -0.39 is 11.7 Å². The molecule has 1 aromatic heterocycles. The Balaban J connectivity index is 1.94. The standard InChI is InChI=1S/C16H13ClF4N2OS/c1-23(8-10-2-4-12(18)5-3-10)14(24)9-25-15-13(17)6-11(7-22-15)16(19,20)21/h2-7H,8-9H2,1H3. The number of thioether (sulfide) groups is 1. The molecule has 3 nitrogen and oxygen atoms in total. The fraction of sp³-hybridized carbons (Fsp3) is 0.250. The third-order valence-electron chi connectivity index (χ3n) is 3.23. The first kappa shape index (κ1) is 19.5. The summed E-state index contributed by atoms with van der Waals surface area (Å²) in [6.45, 7) is 0.286. The summed E-state index contributed by atoms with van der Waals surface area (Å²) in [5.74, 6) is -0.654. The smallest absolute Gasteiger partial charge is 0.341 e. The van der Waals surface area contributed by atoms with Crippen LogP contribution in [0.5, 0.6) is 0 Å². The summed E-state index contributed by atoms with van der Waals surface area (Å²) in [5.41, 5.74) is -0.186. The van der Waals surface area contributed by atoms with Gasteiger partial charge in [0.2, 0.25) is 5.91 Å². The monoisotopic (exact) mass is 392 g/mol. The van der Waals surface area contributed by atoms with Crippen LogP contribution in [0.15, 0.2) is 41.6 Å². The molecular weight excluding hydrogens is 380 g/mol. The topological polar surface area (TPSA) is 33.2 Å². The molecule has 0 N–H and O–H groups in total. The quantitative estimate of drug-likeness (QED) is 0.549. The van der Waals surface area contributed by atoms with Crippen LogP contribution in [-0.2, 0) is 17.5 Å². The highest BCUT2D eigenvalue weighted by atomic mass is 35.5. The summed E-state index contributed by atoms with van der Waals surface area (Å²) in [4.78, 5) is 17.2. The lowest BCUT2D eigenvalue weighted by molar-refractivity contribution is -0.138. The number of halogens is 5. The maximum absolute atomic E-state index is 12.9. The van der Waals surface area contributed by atoms with Gasteiger partial charge in [0.25, 0.3) is 0 Å². The number of rotatable bonds is 5. The van der Waals surface area contributed by atoms with Crippen LogP contribution in [0.2, 0.25) is 5.02 Å². The van der Waals surface area contributed by atoms with Crippen LogP contribution in [0, 0.1) is 5.82 Å². The fourth-order valence-corrected chi connectivity index (χ4v) is 3.01. The Labute approximate surface area is 151 Å². The average Bonchev–Trinajstić information content (AvgIpc) is 2.54. The van der Waals surface area contributed by atoms with Crippen LogP contribution in [0.1, 0.15) is 11.1 Å². The van der Waals surface area contributed by atoms with Gasteiger partial charge in [0.05, 0.1) is 16.3 Å². The van der Waals surface area contributed by atoms with Crippen molar-refractivity contribution in [2.75, 3.05) is 12.8 Å². The molecule has 25 heavy (non-hydrogen) atoms. The van der Waals surface area contributed by atoms with E-state index in [1.807, 2.05) is 0 Å². The van der Waals surface area contributed by atoms with Gasteiger partial charge in [0.15, 0.2) is 0 Å². The van der Waals surface area contributed by atoms with Crippen LogP contribution in [0.3, 0.4) is 0 Å². The van der Waals surface area contributed by atoms with Gasteiger partial charge in [0, 0.05) is 19.8 Å². The number of aromatic nitrogens is 1. The molecule has 0 saturated heterocycles. The lowest BCUT2D eigenvalue weighted by Crippen LogP contribution is -2.27.